The van der Waals surface area contributed by atoms with Crippen molar-refractivity contribution in [3.8, 4) is 0 Å². The average Bonchev–Trinajstić information content (AvgIpc) is 2.30. The monoisotopic (exact) mass is 170 g/mol. The number of rotatable bonds is 2. The second-order valence-corrected chi connectivity index (χ2v) is 2.54. The van der Waals surface area contributed by atoms with Gasteiger partial charge in [-0.3, -0.25) is 9.59 Å². The van der Waals surface area contributed by atoms with Crippen LogP contribution >= 0.6 is 0 Å². The van der Waals surface area contributed by atoms with E-state index < -0.39 is 18.0 Å². The molecule has 4 nitrogen and oxygen atoms in total. The lowest BCUT2D eigenvalue weighted by atomic mass is 10.1. The summed E-state index contributed by atoms with van der Waals surface area (Å²) in [6.07, 6.45) is 0.940. The molecule has 1 rings (SSSR count). The predicted molar refractivity (Wildman–Crippen MR) is 40.2 cm³/mol. The van der Waals surface area contributed by atoms with E-state index >= 15 is 0 Å². The molecule has 0 N–H and O–H groups in total. The molecule has 1 fully saturated rings. The van der Waals surface area contributed by atoms with Gasteiger partial charge in [0.15, 0.2) is 6.10 Å². The van der Waals surface area contributed by atoms with E-state index in [0.29, 0.717) is 0 Å². The molecular formula is C8H10O4. The van der Waals surface area contributed by atoms with Crippen LogP contribution in [0.25, 0.3) is 0 Å². The summed E-state index contributed by atoms with van der Waals surface area (Å²) in [6.45, 7) is 4.89. The van der Waals surface area contributed by atoms with Crippen LogP contribution in [0.3, 0.4) is 0 Å². The van der Waals surface area contributed by atoms with Crippen molar-refractivity contribution in [3.63, 3.8) is 0 Å². The molecule has 4 heteroatoms. The van der Waals surface area contributed by atoms with Gasteiger partial charge in [-0.1, -0.05) is 6.08 Å². The Balaban J connectivity index is 2.60. The number of ether oxygens (including phenoxy) is 2. The van der Waals surface area contributed by atoms with Crippen LogP contribution in [0, 0.1) is 5.92 Å². The molecule has 0 aliphatic carbocycles. The summed E-state index contributed by atoms with van der Waals surface area (Å²) >= 11 is 0. The summed E-state index contributed by atoms with van der Waals surface area (Å²) in [4.78, 5) is 21.5. The Hall–Kier alpha value is -1.32. The summed E-state index contributed by atoms with van der Waals surface area (Å²) in [5.41, 5.74) is 0. The molecule has 0 aromatic rings. The van der Waals surface area contributed by atoms with Crippen molar-refractivity contribution in [3.05, 3.63) is 12.7 Å². The van der Waals surface area contributed by atoms with Gasteiger partial charge in [-0.05, 0) is 0 Å². The largest absolute Gasteiger partial charge is 0.461 e. The third-order valence-corrected chi connectivity index (χ3v) is 1.63. The minimum Gasteiger partial charge on any atom is -0.461 e. The maximum absolute atomic E-state index is 10.9. The van der Waals surface area contributed by atoms with Crippen LogP contribution in [0.2, 0.25) is 0 Å². The Labute approximate surface area is 70.1 Å². The number of cyclic esters (lactones) is 1. The van der Waals surface area contributed by atoms with Crippen LogP contribution in [0.5, 0.6) is 0 Å². The zero-order chi connectivity index (χ0) is 9.14. The normalized spacial score (nSPS) is 27.9. The van der Waals surface area contributed by atoms with Gasteiger partial charge in [-0.15, -0.1) is 6.58 Å². The first-order chi connectivity index (χ1) is 5.65. The number of hydrogen-bond acceptors (Lipinski definition) is 4. The highest BCUT2D eigenvalue weighted by Crippen LogP contribution is 2.19. The highest BCUT2D eigenvalue weighted by Gasteiger charge is 2.36. The fourth-order valence-electron chi connectivity index (χ4n) is 1.08. The van der Waals surface area contributed by atoms with Crippen LogP contribution in [0.15, 0.2) is 12.7 Å². The summed E-state index contributed by atoms with van der Waals surface area (Å²) in [5, 5.41) is 0. The Morgan fingerprint density at radius 1 is 1.83 bits per heavy atom. The molecule has 1 aliphatic rings. The molecule has 0 radical (unpaired) electrons. The number of carbonyl (C=O) groups is 2. The first-order valence-corrected chi connectivity index (χ1v) is 3.61. The second-order valence-electron chi connectivity index (χ2n) is 2.54. The van der Waals surface area contributed by atoms with Crippen molar-refractivity contribution in [1.29, 1.82) is 0 Å². The third-order valence-electron chi connectivity index (χ3n) is 1.63. The molecular weight excluding hydrogens is 160 g/mol. The lowest BCUT2D eigenvalue weighted by Gasteiger charge is -2.10. The zero-order valence-electron chi connectivity index (χ0n) is 6.78. The van der Waals surface area contributed by atoms with Gasteiger partial charge in [-0.25, -0.2) is 0 Å². The average molecular weight is 170 g/mol. The Kier molecular flexibility index (Phi) is 2.47. The van der Waals surface area contributed by atoms with Gasteiger partial charge in [0.2, 0.25) is 0 Å². The van der Waals surface area contributed by atoms with Gasteiger partial charge in [0.1, 0.15) is 12.5 Å². The Bertz CT molecular complexity index is 221. The van der Waals surface area contributed by atoms with Crippen LogP contribution in [0.1, 0.15) is 6.92 Å². The quantitative estimate of drug-likeness (QED) is 0.441. The number of esters is 2. The molecule has 0 saturated carbocycles. The van der Waals surface area contributed by atoms with E-state index in [1.807, 2.05) is 0 Å². The zero-order valence-corrected chi connectivity index (χ0v) is 6.78. The van der Waals surface area contributed by atoms with Gasteiger partial charge < -0.3 is 9.47 Å². The van der Waals surface area contributed by atoms with E-state index in [1.54, 1.807) is 0 Å². The lowest BCUT2D eigenvalue weighted by molar-refractivity contribution is -0.147. The van der Waals surface area contributed by atoms with Crippen molar-refractivity contribution in [2.24, 2.45) is 5.92 Å². The highest BCUT2D eigenvalue weighted by molar-refractivity contribution is 5.78. The van der Waals surface area contributed by atoms with Crippen molar-refractivity contribution >= 4 is 11.9 Å². The van der Waals surface area contributed by atoms with Crippen LogP contribution in [-0.2, 0) is 19.1 Å². The fraction of sp³-hybridized carbons (Fsp3) is 0.500. The predicted octanol–water partition coefficient (Wildman–Crippen LogP) is 0.277. The molecule has 12 heavy (non-hydrogen) atoms. The van der Waals surface area contributed by atoms with Gasteiger partial charge in [0, 0.05) is 6.92 Å². The van der Waals surface area contributed by atoms with E-state index in [2.05, 4.69) is 11.3 Å². The fourth-order valence-corrected chi connectivity index (χ4v) is 1.08. The minimum atomic E-state index is -0.506. The molecule has 1 saturated heterocycles. The molecule has 0 amide bonds. The summed E-state index contributed by atoms with van der Waals surface area (Å²) in [5.74, 6) is -1.30. The molecule has 1 aliphatic heterocycles. The van der Waals surface area contributed by atoms with Crippen molar-refractivity contribution < 1.29 is 19.1 Å². The van der Waals surface area contributed by atoms with Crippen molar-refractivity contribution in [1.82, 2.24) is 0 Å². The van der Waals surface area contributed by atoms with E-state index in [4.69, 9.17) is 4.74 Å². The van der Waals surface area contributed by atoms with Gasteiger partial charge >= 0.3 is 11.9 Å². The van der Waals surface area contributed by atoms with Crippen molar-refractivity contribution in [2.75, 3.05) is 6.61 Å². The Morgan fingerprint density at radius 3 is 3.00 bits per heavy atom. The van der Waals surface area contributed by atoms with E-state index in [-0.39, 0.29) is 12.6 Å². The molecule has 66 valence electrons. The van der Waals surface area contributed by atoms with E-state index in [1.165, 1.54) is 13.0 Å². The molecule has 2 unspecified atom stereocenters. The highest BCUT2D eigenvalue weighted by atomic mass is 16.6. The van der Waals surface area contributed by atoms with Crippen LogP contribution < -0.4 is 0 Å². The molecule has 0 spiro atoms. The first-order valence-electron chi connectivity index (χ1n) is 3.61. The molecule has 1 heterocycles. The van der Waals surface area contributed by atoms with Crippen LogP contribution in [0.4, 0.5) is 0 Å². The second kappa shape index (κ2) is 3.38. The maximum atomic E-state index is 10.9. The van der Waals surface area contributed by atoms with Crippen molar-refractivity contribution in [2.45, 2.75) is 13.0 Å². The molecule has 0 bridgehead atoms. The van der Waals surface area contributed by atoms with Crippen LogP contribution in [-0.4, -0.2) is 24.6 Å². The van der Waals surface area contributed by atoms with Gasteiger partial charge in [-0.2, -0.15) is 0 Å². The molecule has 2 atom stereocenters. The first kappa shape index (κ1) is 8.77. The van der Waals surface area contributed by atoms with E-state index in [0.717, 1.165) is 0 Å². The van der Waals surface area contributed by atoms with Gasteiger partial charge in [0.05, 0.1) is 0 Å². The molecule has 0 aromatic carbocycles. The smallest absolute Gasteiger partial charge is 0.316 e. The standard InChI is InChI=1S/C8H10O4/c1-3-6-7(12-5(2)9)4-11-8(6)10/h3,6-7H,1,4H2,2H3. The SMILES string of the molecule is C=CC1C(=O)OCC1OC(C)=O. The topological polar surface area (TPSA) is 52.6 Å². The molecule has 0 aromatic heterocycles. The van der Waals surface area contributed by atoms with Gasteiger partial charge in [0.25, 0.3) is 0 Å². The summed E-state index contributed by atoms with van der Waals surface area (Å²) < 4.78 is 9.51. The van der Waals surface area contributed by atoms with E-state index in [9.17, 15) is 9.59 Å². The lowest BCUT2D eigenvalue weighted by Crippen LogP contribution is -2.24. The summed E-state index contributed by atoms with van der Waals surface area (Å²) in [6, 6.07) is 0. The number of hydrogen-bond donors (Lipinski definition) is 0. The minimum absolute atomic E-state index is 0.134. The Morgan fingerprint density at radius 2 is 2.50 bits per heavy atom. The third kappa shape index (κ3) is 1.64. The number of carbonyl (C=O) groups excluding carboxylic acids is 2. The maximum Gasteiger partial charge on any atom is 0.316 e. The summed E-state index contributed by atoms with van der Waals surface area (Å²) in [7, 11) is 0.